The van der Waals surface area contributed by atoms with Gasteiger partial charge in [0, 0.05) is 24.6 Å². The van der Waals surface area contributed by atoms with Crippen LogP contribution in [-0.2, 0) is 20.8 Å². The van der Waals surface area contributed by atoms with Gasteiger partial charge in [0.05, 0.1) is 19.3 Å². The Balaban J connectivity index is 0.000000209. The van der Waals surface area contributed by atoms with Crippen LogP contribution in [0.4, 0.5) is 0 Å². The molecule has 1 saturated heterocycles. The van der Waals surface area contributed by atoms with Crippen LogP contribution in [0.1, 0.15) is 46.3 Å². The highest BCUT2D eigenvalue weighted by Gasteiger charge is 2.16. The van der Waals surface area contributed by atoms with Gasteiger partial charge in [-0.15, -0.1) is 0 Å². The minimum Gasteiger partial charge on any atom is -0.465 e. The summed E-state index contributed by atoms with van der Waals surface area (Å²) in [6, 6.07) is 3.64. The van der Waals surface area contributed by atoms with Crippen molar-refractivity contribution in [3.63, 3.8) is 0 Å². The smallest absolute Gasteiger partial charge is 0.341 e. The molecule has 0 bridgehead atoms. The van der Waals surface area contributed by atoms with Crippen molar-refractivity contribution in [3.05, 3.63) is 57.1 Å². The lowest BCUT2D eigenvalue weighted by molar-refractivity contribution is -0.169. The number of halogens is 2. The first-order valence-corrected chi connectivity index (χ1v) is 9.72. The van der Waals surface area contributed by atoms with Gasteiger partial charge in [-0.25, -0.2) is 14.8 Å². The Kier molecular flexibility index (Phi) is 9.12. The highest BCUT2D eigenvalue weighted by atomic mass is 35.5. The number of aromatic nitrogens is 2. The molecule has 0 aromatic carbocycles. The Morgan fingerprint density at radius 1 is 1.14 bits per heavy atom. The normalized spacial score (nSPS) is 16.1. The van der Waals surface area contributed by atoms with Crippen LogP contribution < -0.4 is 0 Å². The molecule has 6 nitrogen and oxygen atoms in total. The highest BCUT2D eigenvalue weighted by Crippen LogP contribution is 2.21. The predicted molar refractivity (Wildman–Crippen MR) is 108 cm³/mol. The Morgan fingerprint density at radius 3 is 2.39 bits per heavy atom. The van der Waals surface area contributed by atoms with Gasteiger partial charge in [-0.3, -0.25) is 0 Å². The quantitative estimate of drug-likeness (QED) is 0.510. The number of carbonyl (C=O) groups is 1. The van der Waals surface area contributed by atoms with Crippen molar-refractivity contribution in [2.75, 3.05) is 13.7 Å². The summed E-state index contributed by atoms with van der Waals surface area (Å²) in [5.41, 5.74) is 3.16. The van der Waals surface area contributed by atoms with Crippen LogP contribution in [0, 0.1) is 13.8 Å². The zero-order chi connectivity index (χ0) is 20.5. The molecule has 3 rings (SSSR count). The van der Waals surface area contributed by atoms with Gasteiger partial charge in [0.25, 0.3) is 0 Å². The second kappa shape index (κ2) is 11.3. The number of hydrogen-bond donors (Lipinski definition) is 0. The molecule has 1 aliphatic rings. The van der Waals surface area contributed by atoms with Gasteiger partial charge in [-0.05, 0) is 56.4 Å². The van der Waals surface area contributed by atoms with Crippen LogP contribution in [0.2, 0.25) is 10.3 Å². The van der Waals surface area contributed by atoms with Crippen molar-refractivity contribution < 1.29 is 19.0 Å². The first-order chi connectivity index (χ1) is 13.4. The molecule has 3 heterocycles. The van der Waals surface area contributed by atoms with E-state index in [9.17, 15) is 4.79 Å². The Bertz CT molecular complexity index is 755. The van der Waals surface area contributed by atoms with E-state index in [1.165, 1.54) is 13.5 Å². The molecule has 1 unspecified atom stereocenters. The fraction of sp³-hybridized carbons (Fsp3) is 0.450. The topological polar surface area (TPSA) is 70.5 Å². The average Bonchev–Trinajstić information content (AvgIpc) is 2.68. The molecule has 0 spiro atoms. The first kappa shape index (κ1) is 22.6. The van der Waals surface area contributed by atoms with Crippen molar-refractivity contribution >= 4 is 29.2 Å². The minimum absolute atomic E-state index is 0.0792. The second-order valence-corrected chi connectivity index (χ2v) is 7.01. The average molecular weight is 427 g/mol. The van der Waals surface area contributed by atoms with Crippen LogP contribution in [0.25, 0.3) is 0 Å². The Morgan fingerprint density at radius 2 is 1.82 bits per heavy atom. The molecule has 0 radical (unpaired) electrons. The third kappa shape index (κ3) is 6.41. The molecule has 2 aromatic rings. The molecule has 1 atom stereocenters. The minimum atomic E-state index is -0.453. The monoisotopic (exact) mass is 426 g/mol. The lowest BCUT2D eigenvalue weighted by Crippen LogP contribution is -2.22. The second-order valence-electron chi connectivity index (χ2n) is 6.29. The third-order valence-electron chi connectivity index (χ3n) is 4.29. The number of esters is 1. The van der Waals surface area contributed by atoms with Crippen molar-refractivity contribution in [3.8, 4) is 0 Å². The predicted octanol–water partition coefficient (Wildman–Crippen LogP) is 4.92. The number of pyridine rings is 2. The zero-order valence-electron chi connectivity index (χ0n) is 16.2. The van der Waals surface area contributed by atoms with Crippen molar-refractivity contribution in [1.29, 1.82) is 0 Å². The van der Waals surface area contributed by atoms with E-state index in [0.717, 1.165) is 36.1 Å². The maximum absolute atomic E-state index is 11.1. The van der Waals surface area contributed by atoms with E-state index >= 15 is 0 Å². The number of ether oxygens (including phenoxy) is 3. The molecule has 0 N–H and O–H groups in total. The molecule has 8 heteroatoms. The van der Waals surface area contributed by atoms with Crippen LogP contribution in [0.15, 0.2) is 24.5 Å². The number of carbonyl (C=O) groups excluding carboxylic acids is 1. The maximum atomic E-state index is 11.1. The summed E-state index contributed by atoms with van der Waals surface area (Å²) in [5, 5.41) is 0.706. The van der Waals surface area contributed by atoms with Gasteiger partial charge in [0.15, 0.2) is 6.29 Å². The van der Waals surface area contributed by atoms with Gasteiger partial charge in [-0.2, -0.15) is 0 Å². The van der Waals surface area contributed by atoms with Crippen molar-refractivity contribution in [2.45, 2.75) is 46.0 Å². The fourth-order valence-corrected chi connectivity index (χ4v) is 3.16. The molecule has 152 valence electrons. The van der Waals surface area contributed by atoms with Crippen molar-refractivity contribution in [2.24, 2.45) is 0 Å². The van der Waals surface area contributed by atoms with Gasteiger partial charge >= 0.3 is 5.97 Å². The number of nitrogens with zero attached hydrogens (tertiary/aromatic N) is 2. The summed E-state index contributed by atoms with van der Waals surface area (Å²) in [4.78, 5) is 18.9. The van der Waals surface area contributed by atoms with E-state index in [4.69, 9.17) is 32.7 Å². The van der Waals surface area contributed by atoms with E-state index in [0.29, 0.717) is 17.3 Å². The molecular formula is C20H24Cl2N2O4. The number of methoxy groups -OCH3 is 1. The number of aryl methyl sites for hydroxylation is 2. The van der Waals surface area contributed by atoms with E-state index in [-0.39, 0.29) is 11.4 Å². The third-order valence-corrected chi connectivity index (χ3v) is 4.90. The van der Waals surface area contributed by atoms with Crippen LogP contribution >= 0.6 is 23.2 Å². The van der Waals surface area contributed by atoms with Gasteiger partial charge in [0.1, 0.15) is 10.3 Å². The van der Waals surface area contributed by atoms with E-state index in [1.807, 2.05) is 13.0 Å². The molecule has 28 heavy (non-hydrogen) atoms. The number of rotatable bonds is 4. The van der Waals surface area contributed by atoms with Crippen LogP contribution in [0.3, 0.4) is 0 Å². The van der Waals surface area contributed by atoms with Crippen LogP contribution in [-0.4, -0.2) is 35.9 Å². The molecule has 1 aliphatic heterocycles. The summed E-state index contributed by atoms with van der Waals surface area (Å²) in [6.45, 7) is 5.06. The van der Waals surface area contributed by atoms with E-state index in [1.54, 1.807) is 25.4 Å². The molecule has 1 fully saturated rings. The van der Waals surface area contributed by atoms with Gasteiger partial charge in [0.2, 0.25) is 0 Å². The molecule has 0 aliphatic carbocycles. The fourth-order valence-electron chi connectivity index (χ4n) is 2.62. The van der Waals surface area contributed by atoms with E-state index in [2.05, 4.69) is 14.7 Å². The van der Waals surface area contributed by atoms with E-state index < -0.39 is 5.97 Å². The zero-order valence-corrected chi connectivity index (χ0v) is 17.7. The van der Waals surface area contributed by atoms with Crippen LogP contribution in [0.5, 0.6) is 0 Å². The first-order valence-electron chi connectivity index (χ1n) is 8.96. The molecular weight excluding hydrogens is 403 g/mol. The summed E-state index contributed by atoms with van der Waals surface area (Å²) in [6.07, 6.45) is 6.44. The van der Waals surface area contributed by atoms with Crippen molar-refractivity contribution in [1.82, 2.24) is 9.97 Å². The summed E-state index contributed by atoms with van der Waals surface area (Å²) >= 11 is 11.7. The van der Waals surface area contributed by atoms with Gasteiger partial charge in [-0.1, -0.05) is 23.2 Å². The molecule has 2 aromatic heterocycles. The SMILES string of the molecule is COC(=O)c1c(C)ccnc1Cl.Cc1ccnc(Cl)c1COC1CCCCO1. The Hall–Kier alpha value is -1.73. The molecule has 0 amide bonds. The summed E-state index contributed by atoms with van der Waals surface area (Å²) < 4.78 is 15.7. The standard InChI is InChI=1S/C12H16ClNO2.C8H8ClNO2/c1-9-5-6-14-12(13)10(9)8-16-11-4-2-3-7-15-11;1-5-3-4-10-7(9)6(5)8(11)12-2/h5-6,11H,2-4,7-8H2,1H3;3-4H,1-2H3. The summed E-state index contributed by atoms with van der Waals surface area (Å²) in [5.74, 6) is -0.453. The summed E-state index contributed by atoms with van der Waals surface area (Å²) in [7, 11) is 1.31. The lowest BCUT2D eigenvalue weighted by atomic mass is 10.2. The lowest BCUT2D eigenvalue weighted by Gasteiger charge is -2.23. The number of hydrogen-bond acceptors (Lipinski definition) is 6. The maximum Gasteiger partial charge on any atom is 0.341 e. The Labute approximate surface area is 175 Å². The largest absolute Gasteiger partial charge is 0.465 e. The highest BCUT2D eigenvalue weighted by molar-refractivity contribution is 6.32. The molecule has 0 saturated carbocycles. The van der Waals surface area contributed by atoms with Gasteiger partial charge < -0.3 is 14.2 Å².